The van der Waals surface area contributed by atoms with E-state index in [2.05, 4.69) is 78.3 Å². The van der Waals surface area contributed by atoms with Crippen LogP contribution >= 0.6 is 0 Å². The lowest BCUT2D eigenvalue weighted by molar-refractivity contribution is 0.363. The first kappa shape index (κ1) is 61.1. The molecule has 4 aromatic carbocycles. The van der Waals surface area contributed by atoms with E-state index in [0.29, 0.717) is 24.7 Å². The fourth-order valence-corrected chi connectivity index (χ4v) is 2.81. The number of hydrogen-bond donors (Lipinski definition) is 2. The maximum Gasteiger partial charge on any atom is 0.119 e. The monoisotopic (exact) mass is 745 g/mol. The number of phenolic OH excluding ortho intramolecular Hbond substituents is 2. The lowest BCUT2D eigenvalue weighted by Gasteiger charge is -2.07. The van der Waals surface area contributed by atoms with Gasteiger partial charge in [-0.2, -0.15) is 0 Å². The molecular weight excluding hydrogens is 665 g/mol. The highest BCUT2D eigenvalue weighted by Crippen LogP contribution is 2.18. The molecule has 304 valence electrons. The van der Waals surface area contributed by atoms with Gasteiger partial charge < -0.3 is 19.7 Å². The summed E-state index contributed by atoms with van der Waals surface area (Å²) >= 11 is 0. The van der Waals surface area contributed by atoms with Gasteiger partial charge in [0.1, 0.15) is 36.2 Å². The fraction of sp³-hybridized carbons (Fsp3) is 0.360. The molecule has 4 nitrogen and oxygen atoms in total. The molecule has 4 heteroatoms. The topological polar surface area (TPSA) is 58.9 Å². The van der Waals surface area contributed by atoms with Gasteiger partial charge in [-0.25, -0.2) is 0 Å². The summed E-state index contributed by atoms with van der Waals surface area (Å²) in [5.41, 5.74) is 2.50. The second kappa shape index (κ2) is 57.4. The Balaban J connectivity index is -0.000000144. The van der Waals surface area contributed by atoms with Crippen molar-refractivity contribution in [3.63, 3.8) is 0 Å². The van der Waals surface area contributed by atoms with Gasteiger partial charge in [-0.05, 0) is 78.9 Å². The van der Waals surface area contributed by atoms with Crippen LogP contribution in [0.1, 0.15) is 113 Å². The van der Waals surface area contributed by atoms with Crippen LogP contribution in [0.5, 0.6) is 23.0 Å². The van der Waals surface area contributed by atoms with Gasteiger partial charge in [-0.15, -0.1) is 13.2 Å². The summed E-state index contributed by atoms with van der Waals surface area (Å²) in [6, 6.07) is 33.7. The number of benzene rings is 4. The molecule has 4 rings (SSSR count). The van der Waals surface area contributed by atoms with Crippen LogP contribution in [0.25, 0.3) is 0 Å². The van der Waals surface area contributed by atoms with Crippen LogP contribution in [0.3, 0.4) is 0 Å². The van der Waals surface area contributed by atoms with Crippen molar-refractivity contribution in [2.24, 2.45) is 0 Å². The van der Waals surface area contributed by atoms with E-state index in [9.17, 15) is 0 Å². The van der Waals surface area contributed by atoms with E-state index in [0.717, 1.165) is 30.8 Å². The molecule has 0 aliphatic heterocycles. The number of allylic oxidation sites excluding steroid dienone is 2. The largest absolute Gasteiger partial charge is 0.508 e. The molecule has 4 aromatic rings. The molecule has 0 atom stereocenters. The van der Waals surface area contributed by atoms with Crippen LogP contribution in [0.15, 0.2) is 160 Å². The third kappa shape index (κ3) is 49.2. The summed E-state index contributed by atoms with van der Waals surface area (Å²) < 4.78 is 10.9. The second-order valence-electron chi connectivity index (χ2n) is 9.44. The van der Waals surface area contributed by atoms with E-state index in [4.69, 9.17) is 19.7 Å². The maximum atomic E-state index is 8.63. The summed E-state index contributed by atoms with van der Waals surface area (Å²) in [6.45, 7) is 39.7. The molecule has 0 aromatic heterocycles. The van der Waals surface area contributed by atoms with E-state index in [1.807, 2.05) is 104 Å². The molecule has 0 heterocycles. The molecule has 0 fully saturated rings. The highest BCUT2D eigenvalue weighted by atomic mass is 16.5. The van der Waals surface area contributed by atoms with Crippen LogP contribution in [-0.4, -0.2) is 23.4 Å². The van der Waals surface area contributed by atoms with Crippen molar-refractivity contribution in [2.75, 3.05) is 13.2 Å². The normalized spacial score (nSPS) is 7.78. The number of hydrogen-bond acceptors (Lipinski definition) is 4. The highest BCUT2D eigenvalue weighted by Gasteiger charge is 1.99. The summed E-state index contributed by atoms with van der Waals surface area (Å²) in [5.74, 6) is 2.38. The summed E-state index contributed by atoms with van der Waals surface area (Å²) in [6.07, 6.45) is 11.5. The number of phenols is 2. The van der Waals surface area contributed by atoms with Gasteiger partial charge in [0.2, 0.25) is 0 Å². The van der Waals surface area contributed by atoms with Gasteiger partial charge in [0, 0.05) is 0 Å². The van der Waals surface area contributed by atoms with Crippen molar-refractivity contribution in [3.05, 3.63) is 171 Å². The molecule has 0 unspecified atom stereocenters. The van der Waals surface area contributed by atoms with E-state index in [1.165, 1.54) is 17.5 Å². The first-order chi connectivity index (χ1) is 26.3. The summed E-state index contributed by atoms with van der Waals surface area (Å²) in [7, 11) is 0. The van der Waals surface area contributed by atoms with Gasteiger partial charge in [0.15, 0.2) is 0 Å². The zero-order valence-corrected chi connectivity index (χ0v) is 36.5. The number of ether oxygens (including phenoxy) is 2. The van der Waals surface area contributed by atoms with Crippen LogP contribution in [-0.2, 0) is 6.42 Å². The molecule has 54 heavy (non-hydrogen) atoms. The lowest BCUT2D eigenvalue weighted by atomic mass is 10.0. The molecule has 0 aliphatic rings. The Hall–Kier alpha value is -4.96. The summed E-state index contributed by atoms with van der Waals surface area (Å²) in [5, 5.41) is 17.3. The quantitative estimate of drug-likeness (QED) is 0.159. The summed E-state index contributed by atoms with van der Waals surface area (Å²) in [4.78, 5) is 0. The minimum Gasteiger partial charge on any atom is -0.508 e. The highest BCUT2D eigenvalue weighted by molar-refractivity contribution is 5.34. The first-order valence-electron chi connectivity index (χ1n) is 19.7. The predicted octanol–water partition coefficient (Wildman–Crippen LogP) is 15.9. The minimum atomic E-state index is 0.322. The zero-order chi connectivity index (χ0) is 42.7. The second-order valence-corrected chi connectivity index (χ2v) is 9.44. The average Bonchev–Trinajstić information content (AvgIpc) is 3.25. The van der Waals surface area contributed by atoms with Gasteiger partial charge >= 0.3 is 0 Å². The minimum absolute atomic E-state index is 0.322. The van der Waals surface area contributed by atoms with Crippen LogP contribution in [0.4, 0.5) is 0 Å². The average molecular weight is 745 g/mol. The third-order valence-corrected chi connectivity index (χ3v) is 5.08. The third-order valence-electron chi connectivity index (χ3n) is 5.08. The molecule has 0 saturated carbocycles. The van der Waals surface area contributed by atoms with Crippen molar-refractivity contribution in [1.82, 2.24) is 0 Å². The molecule has 0 spiro atoms. The lowest BCUT2D eigenvalue weighted by Crippen LogP contribution is -1.94. The van der Waals surface area contributed by atoms with Crippen molar-refractivity contribution < 1.29 is 19.7 Å². The predicted molar refractivity (Wildman–Crippen MR) is 246 cm³/mol. The SMILES string of the molecule is C=CCC.C=CCC.C=CCOc1ccc(Cc2ccc(OCC=C)cc2)cc1.CC.CC.CC.CC.CCC.Oc1ccccc1.Oc1ccccc1. The molecule has 0 aliphatic carbocycles. The Morgan fingerprint density at radius 3 is 0.833 bits per heavy atom. The number of para-hydroxylation sites is 2. The Labute approximate surface area is 334 Å². The maximum absolute atomic E-state index is 8.63. The van der Waals surface area contributed by atoms with Crippen molar-refractivity contribution in [1.29, 1.82) is 0 Å². The van der Waals surface area contributed by atoms with Crippen LogP contribution in [0.2, 0.25) is 0 Å². The van der Waals surface area contributed by atoms with E-state index in [-0.39, 0.29) is 0 Å². The Morgan fingerprint density at radius 1 is 0.426 bits per heavy atom. The molecular formula is C50H80O4. The van der Waals surface area contributed by atoms with Crippen molar-refractivity contribution in [3.8, 4) is 23.0 Å². The standard InChI is InChI=1S/C19H20O2.2C6H6O.2C4H8.C3H8.4C2H6/c1-3-13-20-18-9-5-16(6-10-18)15-17-7-11-19(12-8-17)21-14-4-2;2*7-6-4-2-1-3-5-6;2*1-3-4-2;1-3-2;4*1-2/h3-12H,1-2,13-15H2;2*1-5,7H;2*3H,1,4H2,2H3;3H2,1-2H3;4*1-2H3. The first-order valence-corrected chi connectivity index (χ1v) is 19.7. The molecule has 0 radical (unpaired) electrons. The van der Waals surface area contributed by atoms with Crippen molar-refractivity contribution >= 4 is 0 Å². The Morgan fingerprint density at radius 2 is 0.667 bits per heavy atom. The Bertz CT molecular complexity index is 1130. The number of aromatic hydroxyl groups is 2. The van der Waals surface area contributed by atoms with Gasteiger partial charge in [-0.1, -0.05) is 188 Å². The molecule has 0 saturated heterocycles. The van der Waals surface area contributed by atoms with Crippen molar-refractivity contribution in [2.45, 2.75) is 109 Å². The van der Waals surface area contributed by atoms with E-state index < -0.39 is 0 Å². The Kier molecular flexibility index (Phi) is 64.9. The van der Waals surface area contributed by atoms with E-state index in [1.54, 1.807) is 60.7 Å². The molecule has 0 bridgehead atoms. The molecule has 0 amide bonds. The smallest absolute Gasteiger partial charge is 0.119 e. The van der Waals surface area contributed by atoms with Gasteiger partial charge in [0.25, 0.3) is 0 Å². The van der Waals surface area contributed by atoms with Gasteiger partial charge in [-0.3, -0.25) is 0 Å². The number of rotatable bonds is 10. The zero-order valence-electron chi connectivity index (χ0n) is 36.5. The van der Waals surface area contributed by atoms with Crippen LogP contribution in [0, 0.1) is 0 Å². The molecule has 2 N–H and O–H groups in total. The van der Waals surface area contributed by atoms with Crippen LogP contribution < -0.4 is 9.47 Å². The fourth-order valence-electron chi connectivity index (χ4n) is 2.81. The van der Waals surface area contributed by atoms with Gasteiger partial charge in [0.05, 0.1) is 0 Å². The van der Waals surface area contributed by atoms with E-state index >= 15 is 0 Å².